The second-order valence-corrected chi connectivity index (χ2v) is 5.67. The van der Waals surface area contributed by atoms with Crippen molar-refractivity contribution in [3.63, 3.8) is 0 Å². The largest absolute Gasteiger partial charge is 0.329 e. The van der Waals surface area contributed by atoms with Crippen LogP contribution >= 0.6 is 11.3 Å². The Kier molecular flexibility index (Phi) is 4.69. The van der Waals surface area contributed by atoms with Gasteiger partial charge in [-0.1, -0.05) is 18.2 Å². The molecule has 0 radical (unpaired) electrons. The van der Waals surface area contributed by atoms with Crippen LogP contribution in [0.4, 0.5) is 0 Å². The summed E-state index contributed by atoms with van der Waals surface area (Å²) in [4.78, 5) is 6.63. The van der Waals surface area contributed by atoms with E-state index in [-0.39, 0.29) is 6.04 Å². The van der Waals surface area contributed by atoms with E-state index in [4.69, 9.17) is 5.73 Å². The van der Waals surface area contributed by atoms with Crippen LogP contribution in [-0.4, -0.2) is 23.5 Å². The van der Waals surface area contributed by atoms with E-state index in [0.29, 0.717) is 6.54 Å². The standard InChI is InChI=1S/C15H21N3S/c1-11-5-4-6-12(2)15(11)14(7-16)18(3)8-13-9-19-10-17-13/h4-6,9-10,14H,7-8,16H2,1-3H3. The normalized spacial score (nSPS) is 12.9. The molecule has 0 fully saturated rings. The molecule has 4 heteroatoms. The van der Waals surface area contributed by atoms with Crippen LogP contribution < -0.4 is 5.73 Å². The van der Waals surface area contributed by atoms with E-state index in [2.05, 4.69) is 54.4 Å². The van der Waals surface area contributed by atoms with Gasteiger partial charge < -0.3 is 5.73 Å². The summed E-state index contributed by atoms with van der Waals surface area (Å²) in [7, 11) is 2.11. The number of hydrogen-bond donors (Lipinski definition) is 1. The summed E-state index contributed by atoms with van der Waals surface area (Å²) in [6.07, 6.45) is 0. The van der Waals surface area contributed by atoms with E-state index in [1.165, 1.54) is 16.7 Å². The van der Waals surface area contributed by atoms with E-state index in [9.17, 15) is 0 Å². The van der Waals surface area contributed by atoms with Crippen LogP contribution in [0, 0.1) is 13.8 Å². The van der Waals surface area contributed by atoms with Crippen molar-refractivity contribution >= 4 is 11.3 Å². The molecular formula is C15H21N3S. The Labute approximate surface area is 119 Å². The van der Waals surface area contributed by atoms with Crippen molar-refractivity contribution in [2.75, 3.05) is 13.6 Å². The second kappa shape index (κ2) is 6.28. The third-order valence-corrected chi connectivity index (χ3v) is 4.16. The Morgan fingerprint density at radius 1 is 1.32 bits per heavy atom. The van der Waals surface area contributed by atoms with Gasteiger partial charge in [-0.2, -0.15) is 0 Å². The van der Waals surface area contributed by atoms with Gasteiger partial charge in [-0.05, 0) is 37.6 Å². The minimum Gasteiger partial charge on any atom is -0.329 e. The fourth-order valence-electron chi connectivity index (χ4n) is 2.55. The van der Waals surface area contributed by atoms with Crippen molar-refractivity contribution in [2.45, 2.75) is 26.4 Å². The van der Waals surface area contributed by atoms with Crippen molar-refractivity contribution in [1.29, 1.82) is 0 Å². The highest BCUT2D eigenvalue weighted by Crippen LogP contribution is 2.26. The third kappa shape index (κ3) is 3.21. The Balaban J connectivity index is 2.24. The molecular weight excluding hydrogens is 254 g/mol. The number of aromatic nitrogens is 1. The van der Waals surface area contributed by atoms with Gasteiger partial charge in [-0.15, -0.1) is 11.3 Å². The van der Waals surface area contributed by atoms with Crippen LogP contribution in [0.2, 0.25) is 0 Å². The molecule has 0 aliphatic rings. The van der Waals surface area contributed by atoms with Crippen LogP contribution in [-0.2, 0) is 6.54 Å². The second-order valence-electron chi connectivity index (χ2n) is 4.95. The number of benzene rings is 1. The zero-order valence-electron chi connectivity index (χ0n) is 11.8. The van der Waals surface area contributed by atoms with Gasteiger partial charge in [0, 0.05) is 24.5 Å². The first-order valence-electron chi connectivity index (χ1n) is 6.47. The number of thiazole rings is 1. The maximum atomic E-state index is 6.01. The topological polar surface area (TPSA) is 42.1 Å². The molecule has 2 rings (SSSR count). The van der Waals surface area contributed by atoms with Gasteiger partial charge >= 0.3 is 0 Å². The highest BCUT2D eigenvalue weighted by atomic mass is 32.1. The summed E-state index contributed by atoms with van der Waals surface area (Å²) in [5.74, 6) is 0. The van der Waals surface area contributed by atoms with Crippen LogP contribution in [0.5, 0.6) is 0 Å². The number of nitrogens with zero attached hydrogens (tertiary/aromatic N) is 2. The van der Waals surface area contributed by atoms with Gasteiger partial charge in [-0.3, -0.25) is 4.90 Å². The molecule has 1 unspecified atom stereocenters. The number of likely N-dealkylation sites (N-methyl/N-ethyl adjacent to an activating group) is 1. The van der Waals surface area contributed by atoms with Crippen LogP contribution in [0.25, 0.3) is 0 Å². The molecule has 0 spiro atoms. The first-order valence-corrected chi connectivity index (χ1v) is 7.41. The summed E-state index contributed by atoms with van der Waals surface area (Å²) in [5, 5.41) is 2.09. The van der Waals surface area contributed by atoms with Gasteiger partial charge in [0.05, 0.1) is 11.2 Å². The Morgan fingerprint density at radius 3 is 2.53 bits per heavy atom. The lowest BCUT2D eigenvalue weighted by Crippen LogP contribution is -2.31. The van der Waals surface area contributed by atoms with Crippen molar-refractivity contribution in [1.82, 2.24) is 9.88 Å². The summed E-state index contributed by atoms with van der Waals surface area (Å²) < 4.78 is 0. The van der Waals surface area contributed by atoms with Crippen LogP contribution in [0.3, 0.4) is 0 Å². The molecule has 0 aliphatic heterocycles. The molecule has 0 saturated heterocycles. The molecule has 19 heavy (non-hydrogen) atoms. The molecule has 1 aromatic heterocycles. The number of hydrogen-bond acceptors (Lipinski definition) is 4. The van der Waals surface area contributed by atoms with Crippen molar-refractivity contribution < 1.29 is 0 Å². The molecule has 1 heterocycles. The lowest BCUT2D eigenvalue weighted by molar-refractivity contribution is 0.238. The van der Waals surface area contributed by atoms with Gasteiger partial charge in [0.2, 0.25) is 0 Å². The number of rotatable bonds is 5. The fraction of sp³-hybridized carbons (Fsp3) is 0.400. The highest BCUT2D eigenvalue weighted by Gasteiger charge is 2.19. The molecule has 1 atom stereocenters. The van der Waals surface area contributed by atoms with Gasteiger partial charge in [-0.25, -0.2) is 4.98 Å². The van der Waals surface area contributed by atoms with Gasteiger partial charge in [0.15, 0.2) is 0 Å². The van der Waals surface area contributed by atoms with Crippen molar-refractivity contribution in [2.24, 2.45) is 5.73 Å². The predicted octanol–water partition coefficient (Wildman–Crippen LogP) is 2.89. The Bertz CT molecular complexity index is 502. The minimum atomic E-state index is 0.239. The zero-order valence-corrected chi connectivity index (χ0v) is 12.6. The quantitative estimate of drug-likeness (QED) is 0.912. The molecule has 3 nitrogen and oxygen atoms in total. The monoisotopic (exact) mass is 275 g/mol. The number of nitrogens with two attached hydrogens (primary N) is 1. The smallest absolute Gasteiger partial charge is 0.0795 e. The molecule has 0 bridgehead atoms. The fourth-order valence-corrected chi connectivity index (χ4v) is 3.10. The molecule has 0 amide bonds. The molecule has 0 saturated carbocycles. The SMILES string of the molecule is Cc1cccc(C)c1C(CN)N(C)Cc1cscn1. The van der Waals surface area contributed by atoms with E-state index in [1.807, 2.05) is 5.51 Å². The summed E-state index contributed by atoms with van der Waals surface area (Å²) in [5.41, 5.74) is 13.0. The molecule has 102 valence electrons. The Hall–Kier alpha value is -1.23. The van der Waals surface area contributed by atoms with E-state index in [0.717, 1.165) is 12.2 Å². The molecule has 0 aliphatic carbocycles. The summed E-state index contributed by atoms with van der Waals surface area (Å²) in [6.45, 7) is 5.76. The van der Waals surface area contributed by atoms with E-state index >= 15 is 0 Å². The zero-order chi connectivity index (χ0) is 13.8. The molecule has 1 aromatic carbocycles. The van der Waals surface area contributed by atoms with Gasteiger partial charge in [0.1, 0.15) is 0 Å². The lowest BCUT2D eigenvalue weighted by Gasteiger charge is -2.29. The van der Waals surface area contributed by atoms with Crippen molar-refractivity contribution in [3.8, 4) is 0 Å². The number of aryl methyl sites for hydroxylation is 2. The summed E-state index contributed by atoms with van der Waals surface area (Å²) >= 11 is 1.63. The van der Waals surface area contributed by atoms with Crippen LogP contribution in [0.1, 0.15) is 28.4 Å². The molecule has 2 N–H and O–H groups in total. The highest BCUT2D eigenvalue weighted by molar-refractivity contribution is 7.07. The maximum absolute atomic E-state index is 6.01. The van der Waals surface area contributed by atoms with Crippen LogP contribution in [0.15, 0.2) is 29.1 Å². The first kappa shape index (κ1) is 14.2. The Morgan fingerprint density at radius 2 is 2.00 bits per heavy atom. The first-order chi connectivity index (χ1) is 9.13. The lowest BCUT2D eigenvalue weighted by atomic mass is 9.95. The molecule has 2 aromatic rings. The average molecular weight is 275 g/mol. The van der Waals surface area contributed by atoms with E-state index in [1.54, 1.807) is 11.3 Å². The van der Waals surface area contributed by atoms with E-state index < -0.39 is 0 Å². The van der Waals surface area contributed by atoms with Gasteiger partial charge in [0.25, 0.3) is 0 Å². The maximum Gasteiger partial charge on any atom is 0.0795 e. The predicted molar refractivity (Wildman–Crippen MR) is 81.3 cm³/mol. The average Bonchev–Trinajstić information content (AvgIpc) is 2.86. The minimum absolute atomic E-state index is 0.239. The van der Waals surface area contributed by atoms with Crippen molar-refractivity contribution in [3.05, 3.63) is 51.5 Å². The third-order valence-electron chi connectivity index (χ3n) is 3.53. The summed E-state index contributed by atoms with van der Waals surface area (Å²) in [6, 6.07) is 6.65.